The van der Waals surface area contributed by atoms with Gasteiger partial charge in [-0.1, -0.05) is 6.07 Å². The predicted octanol–water partition coefficient (Wildman–Crippen LogP) is 4.06. The Hall–Kier alpha value is -2.67. The smallest absolute Gasteiger partial charge is 0.161 e. The van der Waals surface area contributed by atoms with E-state index in [4.69, 9.17) is 5.26 Å². The average Bonchev–Trinajstić information content (AvgIpc) is 2.47. The van der Waals surface area contributed by atoms with Crippen LogP contribution in [0.4, 0.5) is 15.8 Å². The Labute approximate surface area is 123 Å². The van der Waals surface area contributed by atoms with E-state index in [0.29, 0.717) is 29.0 Å². The second-order valence-corrected chi connectivity index (χ2v) is 4.62. The number of hydrogen-bond donors (Lipinski definition) is 0. The summed E-state index contributed by atoms with van der Waals surface area (Å²) in [5.41, 5.74) is 2.25. The number of benzene rings is 2. The first-order valence-corrected chi connectivity index (χ1v) is 6.65. The molecule has 106 valence electrons. The van der Waals surface area contributed by atoms with Crippen molar-refractivity contribution in [2.45, 2.75) is 13.8 Å². The molecule has 0 radical (unpaired) electrons. The van der Waals surface area contributed by atoms with Gasteiger partial charge < -0.3 is 4.90 Å². The summed E-state index contributed by atoms with van der Waals surface area (Å²) < 4.78 is 13.4. The van der Waals surface area contributed by atoms with Crippen molar-refractivity contribution in [2.24, 2.45) is 0 Å². The minimum absolute atomic E-state index is 0.0932. The maximum atomic E-state index is 13.4. The molecule has 0 aliphatic heterocycles. The zero-order valence-electron chi connectivity index (χ0n) is 11.9. The highest BCUT2D eigenvalue weighted by atomic mass is 19.1. The lowest BCUT2D eigenvalue weighted by Gasteiger charge is -2.25. The standard InChI is InChI=1S/C17H15FN2O/c1-3-20(15-6-4-5-14(18)10-15)17-9-13(11-19)7-8-16(17)12(2)21/h4-10H,3H2,1-2H3. The van der Waals surface area contributed by atoms with Crippen LogP contribution >= 0.6 is 0 Å². The summed E-state index contributed by atoms with van der Waals surface area (Å²) in [6.45, 7) is 3.94. The second kappa shape index (κ2) is 6.19. The Bertz CT molecular complexity index is 719. The third-order valence-corrected chi connectivity index (χ3v) is 3.23. The van der Waals surface area contributed by atoms with Gasteiger partial charge in [0, 0.05) is 17.8 Å². The van der Waals surface area contributed by atoms with Crippen molar-refractivity contribution in [3.63, 3.8) is 0 Å². The molecule has 0 N–H and O–H groups in total. The lowest BCUT2D eigenvalue weighted by Crippen LogP contribution is -2.19. The van der Waals surface area contributed by atoms with Gasteiger partial charge in [0.1, 0.15) is 5.82 Å². The van der Waals surface area contributed by atoms with Gasteiger partial charge in [-0.05, 0) is 50.2 Å². The topological polar surface area (TPSA) is 44.1 Å². The van der Waals surface area contributed by atoms with Gasteiger partial charge >= 0.3 is 0 Å². The van der Waals surface area contributed by atoms with Gasteiger partial charge in [-0.15, -0.1) is 0 Å². The molecule has 0 heterocycles. The zero-order valence-corrected chi connectivity index (χ0v) is 11.9. The number of nitriles is 1. The molecule has 0 atom stereocenters. The van der Waals surface area contributed by atoms with E-state index in [-0.39, 0.29) is 11.6 Å². The monoisotopic (exact) mass is 282 g/mol. The van der Waals surface area contributed by atoms with E-state index in [9.17, 15) is 9.18 Å². The van der Waals surface area contributed by atoms with Crippen LogP contribution in [0.5, 0.6) is 0 Å². The van der Waals surface area contributed by atoms with Gasteiger partial charge in [0.25, 0.3) is 0 Å². The van der Waals surface area contributed by atoms with Crippen molar-refractivity contribution in [2.75, 3.05) is 11.4 Å². The van der Waals surface area contributed by atoms with E-state index in [2.05, 4.69) is 6.07 Å². The normalized spacial score (nSPS) is 10.0. The predicted molar refractivity (Wildman–Crippen MR) is 80.2 cm³/mol. The van der Waals surface area contributed by atoms with Crippen molar-refractivity contribution in [3.8, 4) is 6.07 Å². The molecular weight excluding hydrogens is 267 g/mol. The molecule has 0 aliphatic carbocycles. The highest BCUT2D eigenvalue weighted by Gasteiger charge is 2.16. The Morgan fingerprint density at radius 3 is 2.62 bits per heavy atom. The fraction of sp³-hybridized carbons (Fsp3) is 0.176. The van der Waals surface area contributed by atoms with Crippen LogP contribution in [-0.4, -0.2) is 12.3 Å². The quantitative estimate of drug-likeness (QED) is 0.794. The van der Waals surface area contributed by atoms with Gasteiger partial charge in [0.05, 0.1) is 17.3 Å². The Kier molecular flexibility index (Phi) is 4.34. The Balaban J connectivity index is 2.61. The van der Waals surface area contributed by atoms with Crippen molar-refractivity contribution in [1.82, 2.24) is 0 Å². The third kappa shape index (κ3) is 3.09. The Morgan fingerprint density at radius 1 is 1.29 bits per heavy atom. The van der Waals surface area contributed by atoms with Crippen LogP contribution in [0.1, 0.15) is 29.8 Å². The summed E-state index contributed by atoms with van der Waals surface area (Å²) in [6, 6.07) is 13.1. The van der Waals surface area contributed by atoms with Crippen LogP contribution in [0.25, 0.3) is 0 Å². The SMILES string of the molecule is CCN(c1cccc(F)c1)c1cc(C#N)ccc1C(C)=O. The number of hydrogen-bond acceptors (Lipinski definition) is 3. The highest BCUT2D eigenvalue weighted by Crippen LogP contribution is 2.30. The highest BCUT2D eigenvalue weighted by molar-refractivity contribution is 6.00. The number of rotatable bonds is 4. The van der Waals surface area contributed by atoms with Crippen LogP contribution in [0.15, 0.2) is 42.5 Å². The van der Waals surface area contributed by atoms with Gasteiger partial charge in [-0.3, -0.25) is 4.79 Å². The second-order valence-electron chi connectivity index (χ2n) is 4.62. The summed E-state index contributed by atoms with van der Waals surface area (Å²) in [7, 11) is 0. The molecule has 0 spiro atoms. The molecule has 0 aliphatic rings. The van der Waals surface area contributed by atoms with Crippen molar-refractivity contribution in [1.29, 1.82) is 5.26 Å². The molecular formula is C17H15FN2O. The average molecular weight is 282 g/mol. The Morgan fingerprint density at radius 2 is 2.05 bits per heavy atom. The fourth-order valence-corrected chi connectivity index (χ4v) is 2.26. The van der Waals surface area contributed by atoms with Crippen molar-refractivity contribution < 1.29 is 9.18 Å². The van der Waals surface area contributed by atoms with E-state index in [1.807, 2.05) is 11.8 Å². The molecule has 21 heavy (non-hydrogen) atoms. The number of Topliss-reactive ketones (excluding diaryl/α,β-unsaturated/α-hetero) is 1. The lowest BCUT2D eigenvalue weighted by atomic mass is 10.0. The molecule has 2 aromatic carbocycles. The van der Waals surface area contributed by atoms with E-state index < -0.39 is 0 Å². The number of nitrogens with zero attached hydrogens (tertiary/aromatic N) is 2. The van der Waals surface area contributed by atoms with Crippen LogP contribution in [0.3, 0.4) is 0 Å². The first-order valence-electron chi connectivity index (χ1n) is 6.65. The first kappa shape index (κ1) is 14.7. The number of halogens is 1. The zero-order chi connectivity index (χ0) is 15.4. The molecule has 3 nitrogen and oxygen atoms in total. The summed E-state index contributed by atoms with van der Waals surface area (Å²) in [6.07, 6.45) is 0. The summed E-state index contributed by atoms with van der Waals surface area (Å²) in [5, 5.41) is 9.05. The van der Waals surface area contributed by atoms with E-state index >= 15 is 0 Å². The maximum absolute atomic E-state index is 13.4. The molecule has 0 unspecified atom stereocenters. The number of anilines is 2. The molecule has 4 heteroatoms. The third-order valence-electron chi connectivity index (χ3n) is 3.23. The first-order chi connectivity index (χ1) is 10.1. The number of carbonyl (C=O) groups is 1. The molecule has 0 amide bonds. The van der Waals surface area contributed by atoms with Crippen LogP contribution in [-0.2, 0) is 0 Å². The number of carbonyl (C=O) groups excluding carboxylic acids is 1. The van der Waals surface area contributed by atoms with Gasteiger partial charge in [0.2, 0.25) is 0 Å². The molecule has 0 fully saturated rings. The van der Waals surface area contributed by atoms with E-state index in [1.165, 1.54) is 19.1 Å². The van der Waals surface area contributed by atoms with E-state index in [1.54, 1.807) is 30.3 Å². The van der Waals surface area contributed by atoms with Gasteiger partial charge in [0.15, 0.2) is 5.78 Å². The fourth-order valence-electron chi connectivity index (χ4n) is 2.26. The van der Waals surface area contributed by atoms with Crippen LogP contribution in [0.2, 0.25) is 0 Å². The molecule has 0 saturated carbocycles. The van der Waals surface area contributed by atoms with Crippen LogP contribution < -0.4 is 4.90 Å². The minimum Gasteiger partial charge on any atom is -0.341 e. The maximum Gasteiger partial charge on any atom is 0.161 e. The van der Waals surface area contributed by atoms with Gasteiger partial charge in [-0.25, -0.2) is 4.39 Å². The minimum atomic E-state index is -0.341. The summed E-state index contributed by atoms with van der Waals surface area (Å²) >= 11 is 0. The largest absolute Gasteiger partial charge is 0.341 e. The number of ketones is 1. The molecule has 0 aromatic heterocycles. The lowest BCUT2D eigenvalue weighted by molar-refractivity contribution is 0.101. The van der Waals surface area contributed by atoms with E-state index in [0.717, 1.165) is 0 Å². The molecule has 0 saturated heterocycles. The van der Waals surface area contributed by atoms with Crippen molar-refractivity contribution >= 4 is 17.2 Å². The molecule has 2 rings (SSSR count). The molecule has 0 bridgehead atoms. The molecule has 2 aromatic rings. The summed E-state index contributed by atoms with van der Waals surface area (Å²) in [5.74, 6) is -0.434. The summed E-state index contributed by atoms with van der Waals surface area (Å²) in [4.78, 5) is 13.6. The van der Waals surface area contributed by atoms with Crippen LogP contribution in [0, 0.1) is 17.1 Å². The van der Waals surface area contributed by atoms with Gasteiger partial charge in [-0.2, -0.15) is 5.26 Å². The van der Waals surface area contributed by atoms with Crippen molar-refractivity contribution in [3.05, 3.63) is 59.4 Å².